The number of amides is 1. The summed E-state index contributed by atoms with van der Waals surface area (Å²) in [6.07, 6.45) is 1.68. The molecule has 0 atom stereocenters. The zero-order valence-corrected chi connectivity index (χ0v) is 12.8. The van der Waals surface area contributed by atoms with Crippen LogP contribution in [0, 0.1) is 0 Å². The van der Waals surface area contributed by atoms with Crippen molar-refractivity contribution in [1.29, 1.82) is 0 Å². The summed E-state index contributed by atoms with van der Waals surface area (Å²) in [5.41, 5.74) is 0. The van der Waals surface area contributed by atoms with Crippen molar-refractivity contribution in [3.8, 4) is 0 Å². The number of hydrogen-bond donors (Lipinski definition) is 0. The maximum atomic E-state index is 12.1. The highest BCUT2D eigenvalue weighted by molar-refractivity contribution is 8.00. The molecule has 1 aromatic rings. The van der Waals surface area contributed by atoms with Crippen LogP contribution in [0.3, 0.4) is 0 Å². The smallest absolute Gasteiger partial charge is 0.233 e. The van der Waals surface area contributed by atoms with Crippen molar-refractivity contribution < 1.29 is 4.79 Å². The third kappa shape index (κ3) is 4.18. The first-order chi connectivity index (χ1) is 8.43. The lowest BCUT2D eigenvalue weighted by atomic mass is 10.2. The van der Waals surface area contributed by atoms with E-state index in [0.29, 0.717) is 15.8 Å². The van der Waals surface area contributed by atoms with Crippen molar-refractivity contribution in [2.75, 3.05) is 5.75 Å². The van der Waals surface area contributed by atoms with Gasteiger partial charge in [0.1, 0.15) is 5.03 Å². The molecule has 0 unspecified atom stereocenters. The molecule has 0 aliphatic heterocycles. The van der Waals surface area contributed by atoms with E-state index >= 15 is 0 Å². The molecular formula is C13H19ClN2OS. The Labute approximate surface area is 118 Å². The minimum atomic E-state index is 0.117. The predicted molar refractivity (Wildman–Crippen MR) is 77.1 cm³/mol. The summed E-state index contributed by atoms with van der Waals surface area (Å²) >= 11 is 7.39. The third-order valence-electron chi connectivity index (χ3n) is 2.46. The highest BCUT2D eigenvalue weighted by atomic mass is 35.5. The standard InChI is InChI=1S/C13H19ClN2OS/c1-9(2)16(10(3)4)12(17)8-18-13-11(14)6-5-7-15-13/h5-7,9-10H,8H2,1-4H3. The Hall–Kier alpha value is -0.740. The monoisotopic (exact) mass is 286 g/mol. The molecule has 1 heterocycles. The number of nitrogens with zero attached hydrogens (tertiary/aromatic N) is 2. The number of rotatable bonds is 5. The van der Waals surface area contributed by atoms with E-state index in [9.17, 15) is 4.79 Å². The van der Waals surface area contributed by atoms with Crippen molar-refractivity contribution in [2.24, 2.45) is 0 Å². The van der Waals surface area contributed by atoms with Crippen molar-refractivity contribution in [3.63, 3.8) is 0 Å². The second kappa shape index (κ2) is 7.00. The van der Waals surface area contributed by atoms with Gasteiger partial charge < -0.3 is 4.90 Å². The van der Waals surface area contributed by atoms with Gasteiger partial charge in [0.05, 0.1) is 10.8 Å². The molecule has 100 valence electrons. The molecular weight excluding hydrogens is 268 g/mol. The Balaban J connectivity index is 2.63. The van der Waals surface area contributed by atoms with Crippen LogP contribution in [-0.4, -0.2) is 33.6 Å². The van der Waals surface area contributed by atoms with Crippen LogP contribution in [0.1, 0.15) is 27.7 Å². The van der Waals surface area contributed by atoms with Crippen LogP contribution in [0.4, 0.5) is 0 Å². The number of pyridine rings is 1. The van der Waals surface area contributed by atoms with E-state index < -0.39 is 0 Å². The lowest BCUT2D eigenvalue weighted by Gasteiger charge is -2.30. The first kappa shape index (κ1) is 15.3. The lowest BCUT2D eigenvalue weighted by molar-refractivity contribution is -0.131. The molecule has 0 saturated heterocycles. The maximum Gasteiger partial charge on any atom is 0.233 e. The molecule has 0 bridgehead atoms. The molecule has 5 heteroatoms. The summed E-state index contributed by atoms with van der Waals surface area (Å²) in [5, 5.41) is 1.30. The van der Waals surface area contributed by atoms with Crippen molar-refractivity contribution in [3.05, 3.63) is 23.4 Å². The molecule has 1 rings (SSSR count). The Morgan fingerprint density at radius 2 is 2.00 bits per heavy atom. The molecule has 0 aliphatic carbocycles. The van der Waals surface area contributed by atoms with Gasteiger partial charge in [-0.15, -0.1) is 0 Å². The van der Waals surface area contributed by atoms with E-state index in [2.05, 4.69) is 4.98 Å². The second-order valence-corrected chi connectivity index (χ2v) is 5.94. The van der Waals surface area contributed by atoms with Gasteiger partial charge in [-0.05, 0) is 39.8 Å². The highest BCUT2D eigenvalue weighted by Gasteiger charge is 2.20. The van der Waals surface area contributed by atoms with Gasteiger partial charge in [0.25, 0.3) is 0 Å². The molecule has 0 radical (unpaired) electrons. The second-order valence-electron chi connectivity index (χ2n) is 4.57. The van der Waals surface area contributed by atoms with E-state index in [0.717, 1.165) is 0 Å². The molecule has 3 nitrogen and oxygen atoms in total. The third-order valence-corrected chi connectivity index (χ3v) is 3.86. The van der Waals surface area contributed by atoms with E-state index in [1.807, 2.05) is 32.6 Å². The van der Waals surface area contributed by atoms with Crippen LogP contribution >= 0.6 is 23.4 Å². The van der Waals surface area contributed by atoms with Gasteiger partial charge in [-0.25, -0.2) is 4.98 Å². The average molecular weight is 287 g/mol. The zero-order chi connectivity index (χ0) is 13.7. The van der Waals surface area contributed by atoms with Gasteiger partial charge in [0.2, 0.25) is 5.91 Å². The molecule has 1 aromatic heterocycles. The van der Waals surface area contributed by atoms with E-state index in [1.165, 1.54) is 11.8 Å². The fourth-order valence-electron chi connectivity index (χ4n) is 1.85. The molecule has 0 aliphatic rings. The quantitative estimate of drug-likeness (QED) is 0.777. The van der Waals surface area contributed by atoms with Crippen LogP contribution in [0.15, 0.2) is 23.4 Å². The van der Waals surface area contributed by atoms with Gasteiger partial charge in [-0.3, -0.25) is 4.79 Å². The molecule has 0 aromatic carbocycles. The SMILES string of the molecule is CC(C)N(C(=O)CSc1ncccc1Cl)C(C)C. The van der Waals surface area contributed by atoms with Crippen LogP contribution in [0.25, 0.3) is 0 Å². The first-order valence-corrected chi connectivity index (χ1v) is 7.34. The number of halogens is 1. The van der Waals surface area contributed by atoms with Crippen LogP contribution in [-0.2, 0) is 4.79 Å². The van der Waals surface area contributed by atoms with Crippen LogP contribution in [0.5, 0.6) is 0 Å². The molecule has 18 heavy (non-hydrogen) atoms. The molecule has 0 spiro atoms. The van der Waals surface area contributed by atoms with E-state index in [1.54, 1.807) is 18.3 Å². The average Bonchev–Trinajstić information content (AvgIpc) is 2.27. The minimum Gasteiger partial charge on any atom is -0.337 e. The number of carbonyl (C=O) groups excluding carboxylic acids is 1. The van der Waals surface area contributed by atoms with Crippen molar-refractivity contribution >= 4 is 29.3 Å². The first-order valence-electron chi connectivity index (χ1n) is 5.98. The lowest BCUT2D eigenvalue weighted by Crippen LogP contribution is -2.43. The summed E-state index contributed by atoms with van der Waals surface area (Å²) in [4.78, 5) is 18.2. The summed E-state index contributed by atoms with van der Waals surface area (Å²) in [6, 6.07) is 3.97. The van der Waals surface area contributed by atoms with Gasteiger partial charge in [0, 0.05) is 18.3 Å². The van der Waals surface area contributed by atoms with Crippen LogP contribution in [0.2, 0.25) is 5.02 Å². The Morgan fingerprint density at radius 1 is 1.39 bits per heavy atom. The number of aromatic nitrogens is 1. The van der Waals surface area contributed by atoms with Gasteiger partial charge >= 0.3 is 0 Å². The van der Waals surface area contributed by atoms with Crippen LogP contribution < -0.4 is 0 Å². The summed E-state index contributed by atoms with van der Waals surface area (Å²) in [5.74, 6) is 0.485. The highest BCUT2D eigenvalue weighted by Crippen LogP contribution is 2.24. The van der Waals surface area contributed by atoms with Crippen molar-refractivity contribution in [2.45, 2.75) is 44.8 Å². The van der Waals surface area contributed by atoms with E-state index in [4.69, 9.17) is 11.6 Å². The number of hydrogen-bond acceptors (Lipinski definition) is 3. The fourth-order valence-corrected chi connectivity index (χ4v) is 2.89. The Bertz CT molecular complexity index is 402. The van der Waals surface area contributed by atoms with Gasteiger partial charge in [0.15, 0.2) is 0 Å². The molecule has 0 fully saturated rings. The largest absolute Gasteiger partial charge is 0.337 e. The zero-order valence-electron chi connectivity index (χ0n) is 11.2. The molecule has 1 amide bonds. The maximum absolute atomic E-state index is 12.1. The Kier molecular flexibility index (Phi) is 5.96. The summed E-state index contributed by atoms with van der Waals surface area (Å²) in [7, 11) is 0. The normalized spacial score (nSPS) is 11.1. The Morgan fingerprint density at radius 3 is 2.50 bits per heavy atom. The number of thioether (sulfide) groups is 1. The molecule has 0 N–H and O–H groups in total. The summed E-state index contributed by atoms with van der Waals surface area (Å²) < 4.78 is 0. The number of carbonyl (C=O) groups is 1. The summed E-state index contributed by atoms with van der Waals surface area (Å²) in [6.45, 7) is 8.10. The fraction of sp³-hybridized carbons (Fsp3) is 0.538. The van der Waals surface area contributed by atoms with Gasteiger partial charge in [-0.2, -0.15) is 0 Å². The minimum absolute atomic E-state index is 0.117. The predicted octanol–water partition coefficient (Wildman–Crippen LogP) is 3.47. The van der Waals surface area contributed by atoms with Crippen molar-refractivity contribution in [1.82, 2.24) is 9.88 Å². The topological polar surface area (TPSA) is 33.2 Å². The molecule has 0 saturated carbocycles. The van der Waals surface area contributed by atoms with E-state index in [-0.39, 0.29) is 18.0 Å². The van der Waals surface area contributed by atoms with Gasteiger partial charge in [-0.1, -0.05) is 23.4 Å².